The van der Waals surface area contributed by atoms with Crippen LogP contribution in [0.5, 0.6) is 0 Å². The second-order valence-electron chi connectivity index (χ2n) is 9.55. The first kappa shape index (κ1) is 32.5. The average molecular weight is 664 g/mol. The molecule has 5 heterocycles. The molecule has 0 saturated carbocycles. The molecule has 21 nitrogen and oxygen atoms in total. The van der Waals surface area contributed by atoms with Crippen LogP contribution in [0.2, 0.25) is 0 Å². The Balaban J connectivity index is 1.27. The Bertz CT molecular complexity index is 1630. The topological polar surface area (TPSA) is 290 Å². The molecule has 242 valence electrons. The van der Waals surface area contributed by atoms with Crippen molar-refractivity contribution in [1.29, 1.82) is 0 Å². The molecule has 2 fully saturated rings. The van der Waals surface area contributed by atoms with Crippen LogP contribution in [-0.4, -0.2) is 102 Å². The van der Waals surface area contributed by atoms with Crippen molar-refractivity contribution >= 4 is 38.4 Å². The number of aromatic nitrogens is 6. The number of imidazole rings is 1. The predicted molar refractivity (Wildman–Crippen MR) is 145 cm³/mol. The highest BCUT2D eigenvalue weighted by Crippen LogP contribution is 2.51. The smallest absolute Gasteiger partial charge is 0.387 e. The number of rotatable bonds is 12. The van der Waals surface area contributed by atoms with Crippen LogP contribution >= 0.6 is 15.6 Å². The van der Waals surface area contributed by atoms with Gasteiger partial charge in [-0.2, -0.15) is 4.98 Å². The van der Waals surface area contributed by atoms with Crippen LogP contribution in [0.3, 0.4) is 0 Å². The van der Waals surface area contributed by atoms with Crippen molar-refractivity contribution in [3.05, 3.63) is 35.4 Å². The molecule has 0 bridgehead atoms. The quantitative estimate of drug-likeness (QED) is 0.146. The number of anilines is 2. The number of nitrogens with zero attached hydrogens (tertiary/aromatic N) is 6. The molecule has 0 aromatic carbocycles. The number of aliphatic hydroxyl groups is 2. The van der Waals surface area contributed by atoms with E-state index in [0.717, 1.165) is 18.8 Å². The molecular weight excluding hydrogens is 634 g/mol. The lowest BCUT2D eigenvalue weighted by Gasteiger charge is -2.23. The standard InChI is InChI=1S/C21H30N8O13P2/c1-36-44(35,37-2)39-6-11-10(5-14(40-11)28-4-3-13(22)27-21(28)32)42-43(33,34)38-7-12-16(30)17(31)20(41-12)29-9-26-15-18(23)24-8-25-19(15)29/h3-4,8-12,14,16-17,20,30-31H,5-7H2,1-2H3,(H,33,34)(H2,22,27,32)(H2,23,24,25)/t10-,11-,12-,14-,16?,17+,20-/m1/s1. The molecule has 3 aromatic heterocycles. The van der Waals surface area contributed by atoms with Gasteiger partial charge in [0, 0.05) is 26.8 Å². The Morgan fingerprint density at radius 3 is 2.45 bits per heavy atom. The molecule has 0 aliphatic carbocycles. The number of fused-ring (bicyclic) bond motifs is 1. The fraction of sp³-hybridized carbons (Fsp3) is 0.571. The summed E-state index contributed by atoms with van der Waals surface area (Å²) in [5.74, 6) is 0.0558. The molecule has 44 heavy (non-hydrogen) atoms. The van der Waals surface area contributed by atoms with Crippen LogP contribution in [0.15, 0.2) is 29.7 Å². The van der Waals surface area contributed by atoms with Gasteiger partial charge in [0.1, 0.15) is 54.4 Å². The largest absolute Gasteiger partial charge is 0.474 e. The summed E-state index contributed by atoms with van der Waals surface area (Å²) >= 11 is 0. The van der Waals surface area contributed by atoms with Gasteiger partial charge in [0.15, 0.2) is 17.7 Å². The van der Waals surface area contributed by atoms with E-state index in [1.807, 2.05) is 0 Å². The zero-order chi connectivity index (χ0) is 31.8. The van der Waals surface area contributed by atoms with E-state index in [1.54, 1.807) is 0 Å². The number of phosphoric ester groups is 2. The van der Waals surface area contributed by atoms with Gasteiger partial charge < -0.3 is 36.0 Å². The maximum atomic E-state index is 13.0. The van der Waals surface area contributed by atoms with Crippen molar-refractivity contribution in [2.24, 2.45) is 0 Å². The lowest BCUT2D eigenvalue weighted by Crippen LogP contribution is -2.34. The summed E-state index contributed by atoms with van der Waals surface area (Å²) in [6, 6.07) is 1.34. The summed E-state index contributed by atoms with van der Waals surface area (Å²) in [5, 5.41) is 21.2. The summed E-state index contributed by atoms with van der Waals surface area (Å²) in [6.45, 7) is -1.21. The SMILES string of the molecule is COP(=O)(OC)OC[C@H]1O[C@@H](n2ccc(N)nc2=O)C[C@H]1OP(=O)(O)OC[C@H]1O[C@@H](n2cnc3c(N)ncnc32)[C@@H](O)C1O. The molecule has 3 aromatic rings. The molecule has 5 rings (SSSR count). The minimum atomic E-state index is -4.94. The Morgan fingerprint density at radius 1 is 1.02 bits per heavy atom. The Morgan fingerprint density at radius 2 is 1.75 bits per heavy atom. The normalized spacial score (nSPS) is 28.9. The summed E-state index contributed by atoms with van der Waals surface area (Å²) in [7, 11) is -6.75. The number of nitrogen functional groups attached to an aromatic ring is 2. The van der Waals surface area contributed by atoms with Crippen LogP contribution in [0, 0.1) is 0 Å². The van der Waals surface area contributed by atoms with Gasteiger partial charge in [-0.1, -0.05) is 0 Å². The highest BCUT2D eigenvalue weighted by Gasteiger charge is 2.47. The highest BCUT2D eigenvalue weighted by atomic mass is 31.2. The molecule has 2 aliphatic heterocycles. The summed E-state index contributed by atoms with van der Waals surface area (Å²) in [5.41, 5.74) is 11.0. The maximum absolute atomic E-state index is 13.0. The Kier molecular flexibility index (Phi) is 9.47. The minimum Gasteiger partial charge on any atom is -0.387 e. The van der Waals surface area contributed by atoms with Crippen molar-refractivity contribution in [3.8, 4) is 0 Å². The predicted octanol–water partition coefficient (Wildman–Crippen LogP) is -0.926. The molecule has 0 radical (unpaired) electrons. The molecule has 7 N–H and O–H groups in total. The zero-order valence-corrected chi connectivity index (χ0v) is 24.9. The van der Waals surface area contributed by atoms with Crippen molar-refractivity contribution in [2.45, 2.75) is 49.4 Å². The number of hydrogen-bond acceptors (Lipinski definition) is 18. The third kappa shape index (κ3) is 6.69. The Labute approximate surface area is 247 Å². The zero-order valence-electron chi connectivity index (χ0n) is 23.1. The fourth-order valence-electron chi connectivity index (χ4n) is 4.64. The Hall–Kier alpha value is -2.91. The van der Waals surface area contributed by atoms with Crippen LogP contribution in [0.4, 0.5) is 11.6 Å². The summed E-state index contributed by atoms with van der Waals surface area (Å²) < 4.78 is 64.5. The number of aliphatic hydroxyl groups excluding tert-OH is 2. The van der Waals surface area contributed by atoms with E-state index in [-0.39, 0.29) is 29.2 Å². The van der Waals surface area contributed by atoms with Gasteiger partial charge in [-0.3, -0.25) is 31.8 Å². The van der Waals surface area contributed by atoms with E-state index in [9.17, 15) is 29.0 Å². The third-order valence-corrected chi connectivity index (χ3v) is 9.23. The highest BCUT2D eigenvalue weighted by molar-refractivity contribution is 7.48. The van der Waals surface area contributed by atoms with E-state index in [0.29, 0.717) is 0 Å². The molecule has 2 unspecified atom stereocenters. The second kappa shape index (κ2) is 12.8. The molecular formula is C21H30N8O13P2. The molecule has 8 atom stereocenters. The van der Waals surface area contributed by atoms with Gasteiger partial charge in [0.2, 0.25) is 0 Å². The van der Waals surface area contributed by atoms with Crippen molar-refractivity contribution in [2.75, 3.05) is 38.9 Å². The monoisotopic (exact) mass is 664 g/mol. The summed E-state index contributed by atoms with van der Waals surface area (Å²) in [4.78, 5) is 38.6. The molecule has 0 amide bonds. The average Bonchev–Trinajstić information content (AvgIpc) is 3.67. The van der Waals surface area contributed by atoms with Crippen LogP contribution in [-0.2, 0) is 41.2 Å². The fourth-order valence-corrected chi connectivity index (χ4v) is 6.29. The second-order valence-corrected chi connectivity index (χ2v) is 12.8. The first-order valence-electron chi connectivity index (χ1n) is 12.8. The molecule has 0 spiro atoms. The first-order chi connectivity index (χ1) is 20.8. The molecule has 2 aliphatic rings. The maximum Gasteiger partial charge on any atom is 0.474 e. The van der Waals surface area contributed by atoms with Crippen LogP contribution < -0.4 is 17.2 Å². The van der Waals surface area contributed by atoms with E-state index >= 15 is 0 Å². The lowest BCUT2D eigenvalue weighted by atomic mass is 10.1. The number of ether oxygens (including phenoxy) is 2. The van der Waals surface area contributed by atoms with Crippen LogP contribution in [0.25, 0.3) is 11.2 Å². The van der Waals surface area contributed by atoms with E-state index < -0.39 is 77.5 Å². The number of phosphoric acid groups is 2. The van der Waals surface area contributed by atoms with Gasteiger partial charge in [-0.25, -0.2) is 28.9 Å². The minimum absolute atomic E-state index is 0.0337. The molecule has 2 saturated heterocycles. The van der Waals surface area contributed by atoms with E-state index in [2.05, 4.69) is 19.9 Å². The lowest BCUT2D eigenvalue weighted by molar-refractivity contribution is -0.0592. The van der Waals surface area contributed by atoms with Gasteiger partial charge in [-0.15, -0.1) is 0 Å². The molecule has 23 heteroatoms. The summed E-state index contributed by atoms with van der Waals surface area (Å²) in [6.07, 6.45) is -5.47. The first-order valence-corrected chi connectivity index (χ1v) is 15.8. The van der Waals surface area contributed by atoms with Gasteiger partial charge in [0.05, 0.1) is 19.5 Å². The number of nitrogens with two attached hydrogens (primary N) is 2. The van der Waals surface area contributed by atoms with E-state index in [1.165, 1.54) is 29.5 Å². The van der Waals surface area contributed by atoms with Gasteiger partial charge in [0.25, 0.3) is 0 Å². The van der Waals surface area contributed by atoms with E-state index in [4.69, 9.17) is 43.6 Å². The number of hydrogen-bond donors (Lipinski definition) is 5. The third-order valence-electron chi connectivity index (χ3n) is 6.86. The van der Waals surface area contributed by atoms with Crippen molar-refractivity contribution in [1.82, 2.24) is 29.1 Å². The van der Waals surface area contributed by atoms with Gasteiger partial charge >= 0.3 is 21.3 Å². The van der Waals surface area contributed by atoms with Crippen molar-refractivity contribution < 1.29 is 56.3 Å². The van der Waals surface area contributed by atoms with Gasteiger partial charge in [-0.05, 0) is 6.07 Å². The van der Waals surface area contributed by atoms with Crippen LogP contribution in [0.1, 0.15) is 18.9 Å². The van der Waals surface area contributed by atoms with Crippen molar-refractivity contribution in [3.63, 3.8) is 0 Å².